The molecule has 2 aromatic heterocycles. The third-order valence-corrected chi connectivity index (χ3v) is 6.84. The van der Waals surface area contributed by atoms with Gasteiger partial charge >= 0.3 is 0 Å². The first-order valence-corrected chi connectivity index (χ1v) is 11.6. The summed E-state index contributed by atoms with van der Waals surface area (Å²) in [4.78, 5) is 13.6. The van der Waals surface area contributed by atoms with Gasteiger partial charge in [0.15, 0.2) is 0 Å². The Labute approximate surface area is 176 Å². The quantitative estimate of drug-likeness (QED) is 0.599. The molecule has 4 rings (SSSR count). The average Bonchev–Trinajstić information content (AvgIpc) is 3.07. The molecule has 2 N–H and O–H groups in total. The van der Waals surface area contributed by atoms with Gasteiger partial charge in [-0.05, 0) is 43.2 Å². The van der Waals surface area contributed by atoms with Crippen molar-refractivity contribution in [3.8, 4) is 11.4 Å². The number of anilines is 2. The lowest BCUT2D eigenvalue weighted by atomic mass is 9.94. The molecule has 1 aliphatic carbocycles. The van der Waals surface area contributed by atoms with E-state index in [9.17, 15) is 8.42 Å². The minimum Gasteiger partial charge on any atom is -0.330 e. The van der Waals surface area contributed by atoms with E-state index < -0.39 is 10.0 Å². The Bertz CT molecular complexity index is 1130. The highest BCUT2D eigenvalue weighted by atomic mass is 32.2. The maximum Gasteiger partial charge on any atom is 0.240 e. The smallest absolute Gasteiger partial charge is 0.240 e. The molecular weight excluding hydrogens is 400 g/mol. The normalized spacial score (nSPS) is 14.7. The van der Waals surface area contributed by atoms with E-state index in [0.717, 1.165) is 36.5 Å². The molecular formula is C21H26N6O2S. The number of imidazole rings is 1. The molecule has 0 spiro atoms. The van der Waals surface area contributed by atoms with E-state index in [1.165, 1.54) is 0 Å². The molecule has 1 aromatic carbocycles. The van der Waals surface area contributed by atoms with Crippen molar-refractivity contribution in [2.24, 2.45) is 7.05 Å². The lowest BCUT2D eigenvalue weighted by molar-refractivity contribution is 0.383. The van der Waals surface area contributed by atoms with Crippen molar-refractivity contribution in [1.29, 1.82) is 0 Å². The molecule has 8 nitrogen and oxygen atoms in total. The Morgan fingerprint density at radius 3 is 2.43 bits per heavy atom. The summed E-state index contributed by atoms with van der Waals surface area (Å²) >= 11 is 0. The molecule has 0 saturated heterocycles. The van der Waals surface area contributed by atoms with Crippen LogP contribution in [0.2, 0.25) is 0 Å². The highest BCUT2D eigenvalue weighted by molar-refractivity contribution is 7.89. The van der Waals surface area contributed by atoms with Crippen molar-refractivity contribution in [2.45, 2.75) is 50.0 Å². The van der Waals surface area contributed by atoms with Crippen LogP contribution in [0.1, 0.15) is 44.9 Å². The SMILES string of the molecule is CC(C)c1ncc(-c2ccnc(Nc3ccc(S(=O)(=O)NC4CCC4)cc3)n2)n1C. The van der Waals surface area contributed by atoms with Gasteiger partial charge in [0.05, 0.1) is 22.5 Å². The van der Waals surface area contributed by atoms with Gasteiger partial charge in [0.2, 0.25) is 16.0 Å². The Morgan fingerprint density at radius 1 is 1.10 bits per heavy atom. The number of sulfonamides is 1. The van der Waals surface area contributed by atoms with E-state index in [4.69, 9.17) is 0 Å². The largest absolute Gasteiger partial charge is 0.330 e. The molecule has 0 bridgehead atoms. The van der Waals surface area contributed by atoms with Crippen molar-refractivity contribution in [3.05, 3.63) is 48.5 Å². The van der Waals surface area contributed by atoms with Crippen LogP contribution in [0.25, 0.3) is 11.4 Å². The van der Waals surface area contributed by atoms with Crippen molar-refractivity contribution in [3.63, 3.8) is 0 Å². The van der Waals surface area contributed by atoms with Crippen molar-refractivity contribution in [2.75, 3.05) is 5.32 Å². The van der Waals surface area contributed by atoms with E-state index in [2.05, 4.69) is 38.8 Å². The zero-order valence-corrected chi connectivity index (χ0v) is 18.1. The van der Waals surface area contributed by atoms with Crippen molar-refractivity contribution in [1.82, 2.24) is 24.2 Å². The third kappa shape index (κ3) is 4.22. The fourth-order valence-corrected chi connectivity index (χ4v) is 4.72. The summed E-state index contributed by atoms with van der Waals surface area (Å²) in [5.74, 6) is 1.74. The second-order valence-corrected chi connectivity index (χ2v) is 9.59. The number of rotatable bonds is 7. The first-order chi connectivity index (χ1) is 14.3. The van der Waals surface area contributed by atoms with Gasteiger partial charge < -0.3 is 9.88 Å². The third-order valence-electron chi connectivity index (χ3n) is 5.31. The topological polar surface area (TPSA) is 102 Å². The maximum atomic E-state index is 12.4. The average molecular weight is 427 g/mol. The number of nitrogens with zero attached hydrogens (tertiary/aromatic N) is 4. The minimum absolute atomic E-state index is 0.0622. The summed E-state index contributed by atoms with van der Waals surface area (Å²) in [6, 6.07) is 8.51. The monoisotopic (exact) mass is 426 g/mol. The molecule has 30 heavy (non-hydrogen) atoms. The molecule has 0 aliphatic heterocycles. The van der Waals surface area contributed by atoms with E-state index in [1.54, 1.807) is 30.5 Å². The van der Waals surface area contributed by atoms with E-state index in [1.807, 2.05) is 23.9 Å². The molecule has 1 saturated carbocycles. The molecule has 158 valence electrons. The van der Waals surface area contributed by atoms with Crippen LogP contribution in [-0.4, -0.2) is 34.0 Å². The van der Waals surface area contributed by atoms with Gasteiger partial charge in [0.25, 0.3) is 0 Å². The predicted molar refractivity (Wildman–Crippen MR) is 116 cm³/mol. The number of hydrogen-bond acceptors (Lipinski definition) is 6. The predicted octanol–water partition coefficient (Wildman–Crippen LogP) is 3.57. The first-order valence-electron chi connectivity index (χ1n) is 10.1. The van der Waals surface area contributed by atoms with Gasteiger partial charge in [-0.3, -0.25) is 0 Å². The van der Waals surface area contributed by atoms with Gasteiger partial charge in [-0.25, -0.2) is 28.1 Å². The van der Waals surface area contributed by atoms with Gasteiger partial charge in [-0.15, -0.1) is 0 Å². The van der Waals surface area contributed by atoms with Crippen LogP contribution in [0.15, 0.2) is 47.6 Å². The molecule has 0 amide bonds. The number of hydrogen-bond donors (Lipinski definition) is 2. The molecule has 0 unspecified atom stereocenters. The lowest BCUT2D eigenvalue weighted by Gasteiger charge is -2.26. The second kappa shape index (κ2) is 8.16. The van der Waals surface area contributed by atoms with Crippen molar-refractivity contribution < 1.29 is 8.42 Å². The fraction of sp³-hybridized carbons (Fsp3) is 0.381. The van der Waals surface area contributed by atoms with Crippen LogP contribution >= 0.6 is 0 Å². The highest BCUT2D eigenvalue weighted by Crippen LogP contribution is 2.24. The first kappa shape index (κ1) is 20.5. The molecule has 0 atom stereocenters. The second-order valence-electron chi connectivity index (χ2n) is 7.88. The Kier molecular flexibility index (Phi) is 5.57. The molecule has 9 heteroatoms. The van der Waals surface area contributed by atoms with E-state index >= 15 is 0 Å². The Hall–Kier alpha value is -2.78. The van der Waals surface area contributed by atoms with E-state index in [-0.39, 0.29) is 10.9 Å². The Morgan fingerprint density at radius 2 is 1.83 bits per heavy atom. The molecule has 0 radical (unpaired) electrons. The van der Waals surface area contributed by atoms with Gasteiger partial charge in [-0.2, -0.15) is 0 Å². The number of benzene rings is 1. The standard InChI is InChI=1S/C21H26N6O2S/c1-14(2)20-23-13-19(27(20)3)18-11-12-22-21(25-18)24-15-7-9-17(10-8-15)30(28,29)26-16-5-4-6-16/h7-14,16,26H,4-6H2,1-3H3,(H,22,24,25). The van der Waals surface area contributed by atoms with Crippen molar-refractivity contribution >= 4 is 21.7 Å². The summed E-state index contributed by atoms with van der Waals surface area (Å²) in [5, 5.41) is 3.14. The zero-order valence-electron chi connectivity index (χ0n) is 17.3. The summed E-state index contributed by atoms with van der Waals surface area (Å²) in [7, 11) is -1.51. The molecule has 1 aliphatic rings. The molecule has 2 heterocycles. The summed E-state index contributed by atoms with van der Waals surface area (Å²) in [6.45, 7) is 4.20. The fourth-order valence-electron chi connectivity index (χ4n) is 3.42. The van der Waals surface area contributed by atoms with Crippen LogP contribution in [0, 0.1) is 0 Å². The van der Waals surface area contributed by atoms with Crippen LogP contribution in [-0.2, 0) is 17.1 Å². The van der Waals surface area contributed by atoms with Gasteiger partial charge in [0.1, 0.15) is 5.82 Å². The van der Waals surface area contributed by atoms with E-state index in [0.29, 0.717) is 17.6 Å². The summed E-state index contributed by atoms with van der Waals surface area (Å²) < 4.78 is 29.6. The van der Waals surface area contributed by atoms with Crippen LogP contribution in [0.3, 0.4) is 0 Å². The van der Waals surface area contributed by atoms with Gasteiger partial charge in [0, 0.05) is 30.9 Å². The number of aromatic nitrogens is 4. The number of nitrogens with one attached hydrogen (secondary N) is 2. The summed E-state index contributed by atoms with van der Waals surface area (Å²) in [5.41, 5.74) is 2.38. The highest BCUT2D eigenvalue weighted by Gasteiger charge is 2.24. The Balaban J connectivity index is 1.50. The summed E-state index contributed by atoms with van der Waals surface area (Å²) in [6.07, 6.45) is 6.39. The van der Waals surface area contributed by atoms with Crippen LogP contribution < -0.4 is 10.0 Å². The van der Waals surface area contributed by atoms with Crippen LogP contribution in [0.4, 0.5) is 11.6 Å². The van der Waals surface area contributed by atoms with Crippen LogP contribution in [0.5, 0.6) is 0 Å². The lowest BCUT2D eigenvalue weighted by Crippen LogP contribution is -2.39. The molecule has 1 fully saturated rings. The zero-order chi connectivity index (χ0) is 21.3. The maximum absolute atomic E-state index is 12.4. The van der Waals surface area contributed by atoms with Gasteiger partial charge in [-0.1, -0.05) is 20.3 Å². The minimum atomic E-state index is -3.48. The molecule has 3 aromatic rings.